The van der Waals surface area contributed by atoms with Gasteiger partial charge in [0, 0.05) is 30.2 Å². The number of nitrogens with two attached hydrogens (primary N) is 1. The van der Waals surface area contributed by atoms with E-state index in [4.69, 9.17) is 20.3 Å². The Morgan fingerprint density at radius 2 is 2.00 bits per heavy atom. The van der Waals surface area contributed by atoms with Gasteiger partial charge in [0.15, 0.2) is 0 Å². The molecule has 1 atom stereocenters. The Morgan fingerprint density at radius 3 is 2.47 bits per heavy atom. The second-order valence-corrected chi connectivity index (χ2v) is 4.30. The molecule has 0 fully saturated rings. The first-order valence-corrected chi connectivity index (χ1v) is 5.64. The molecule has 1 aromatic rings. The van der Waals surface area contributed by atoms with E-state index >= 15 is 0 Å². The van der Waals surface area contributed by atoms with Crippen molar-refractivity contribution in [2.75, 3.05) is 27.4 Å². The topological polar surface area (TPSA) is 64.7 Å². The first-order chi connectivity index (χ1) is 8.11. The number of rotatable bonds is 6. The first kappa shape index (κ1) is 13.8. The van der Waals surface area contributed by atoms with Gasteiger partial charge in [-0.15, -0.1) is 0 Å². The Hall–Kier alpha value is -1.26. The van der Waals surface area contributed by atoms with E-state index in [-0.39, 0.29) is 12.0 Å². The summed E-state index contributed by atoms with van der Waals surface area (Å²) in [5.74, 6) is 1.49. The van der Waals surface area contributed by atoms with E-state index in [1.165, 1.54) is 0 Å². The van der Waals surface area contributed by atoms with Crippen LogP contribution in [0, 0.1) is 0 Å². The summed E-state index contributed by atoms with van der Waals surface area (Å²) >= 11 is 0. The molecular weight excluding hydrogens is 218 g/mol. The van der Waals surface area contributed by atoms with Gasteiger partial charge in [-0.05, 0) is 12.5 Å². The average molecular weight is 239 g/mol. The predicted octanol–water partition coefficient (Wildman–Crippen LogP) is 1.30. The van der Waals surface area contributed by atoms with Crippen LogP contribution in [0.4, 0.5) is 0 Å². The Bertz CT molecular complexity index is 368. The summed E-state index contributed by atoms with van der Waals surface area (Å²) in [6.07, 6.45) is 0.603. The van der Waals surface area contributed by atoms with Crippen LogP contribution in [0.2, 0.25) is 0 Å². The second-order valence-electron chi connectivity index (χ2n) is 4.30. The normalized spacial score (nSPS) is 14.2. The van der Waals surface area contributed by atoms with Crippen LogP contribution in [-0.4, -0.2) is 32.5 Å². The van der Waals surface area contributed by atoms with Crippen molar-refractivity contribution in [2.45, 2.75) is 18.8 Å². The van der Waals surface area contributed by atoms with Gasteiger partial charge in [-0.3, -0.25) is 0 Å². The zero-order valence-electron chi connectivity index (χ0n) is 10.7. The van der Waals surface area contributed by atoms with E-state index in [9.17, 15) is 0 Å². The number of aliphatic hydroxyl groups excluding tert-OH is 1. The Balaban J connectivity index is 3.19. The van der Waals surface area contributed by atoms with E-state index in [0.717, 1.165) is 17.1 Å². The van der Waals surface area contributed by atoms with E-state index in [1.54, 1.807) is 14.2 Å². The average Bonchev–Trinajstić information content (AvgIpc) is 2.38. The molecule has 1 unspecified atom stereocenters. The van der Waals surface area contributed by atoms with Gasteiger partial charge in [0.1, 0.15) is 11.5 Å². The largest absolute Gasteiger partial charge is 0.497 e. The lowest BCUT2D eigenvalue weighted by Crippen LogP contribution is -2.33. The molecule has 0 heterocycles. The van der Waals surface area contributed by atoms with Crippen molar-refractivity contribution in [3.05, 3.63) is 23.8 Å². The maximum atomic E-state index is 9.14. The van der Waals surface area contributed by atoms with Gasteiger partial charge in [0.05, 0.1) is 14.2 Å². The minimum atomic E-state index is -0.285. The molecule has 0 radical (unpaired) electrons. The molecule has 4 heteroatoms. The van der Waals surface area contributed by atoms with E-state index in [1.807, 2.05) is 25.1 Å². The Morgan fingerprint density at radius 1 is 1.29 bits per heavy atom. The third kappa shape index (κ3) is 2.90. The van der Waals surface area contributed by atoms with Gasteiger partial charge >= 0.3 is 0 Å². The van der Waals surface area contributed by atoms with Crippen molar-refractivity contribution in [3.8, 4) is 11.5 Å². The molecule has 4 nitrogen and oxygen atoms in total. The zero-order chi connectivity index (χ0) is 12.9. The quantitative estimate of drug-likeness (QED) is 0.785. The molecule has 0 bridgehead atoms. The highest BCUT2D eigenvalue weighted by atomic mass is 16.5. The highest BCUT2D eigenvalue weighted by molar-refractivity contribution is 5.45. The molecule has 0 saturated carbocycles. The minimum absolute atomic E-state index is 0.100. The maximum absolute atomic E-state index is 9.14. The van der Waals surface area contributed by atoms with Crippen molar-refractivity contribution in [2.24, 2.45) is 5.73 Å². The zero-order valence-corrected chi connectivity index (χ0v) is 10.7. The lowest BCUT2D eigenvalue weighted by molar-refractivity contribution is 0.244. The summed E-state index contributed by atoms with van der Waals surface area (Å²) in [5, 5.41) is 9.14. The molecule has 96 valence electrons. The molecule has 3 N–H and O–H groups in total. The molecule has 0 spiro atoms. The predicted molar refractivity (Wildman–Crippen MR) is 67.7 cm³/mol. The molecule has 1 aromatic carbocycles. The molecule has 0 aliphatic rings. The van der Waals surface area contributed by atoms with Gasteiger partial charge in [-0.25, -0.2) is 0 Å². The van der Waals surface area contributed by atoms with Crippen LogP contribution >= 0.6 is 0 Å². The fraction of sp³-hybridized carbons (Fsp3) is 0.538. The van der Waals surface area contributed by atoms with Crippen LogP contribution in [-0.2, 0) is 5.41 Å². The van der Waals surface area contributed by atoms with Crippen LogP contribution in [0.25, 0.3) is 0 Å². The summed E-state index contributed by atoms with van der Waals surface area (Å²) in [7, 11) is 3.23. The summed E-state index contributed by atoms with van der Waals surface area (Å²) in [5.41, 5.74) is 6.53. The minimum Gasteiger partial charge on any atom is -0.497 e. The van der Waals surface area contributed by atoms with Crippen molar-refractivity contribution >= 4 is 0 Å². The molecule has 17 heavy (non-hydrogen) atoms. The van der Waals surface area contributed by atoms with Gasteiger partial charge in [0.25, 0.3) is 0 Å². The molecule has 0 aromatic heterocycles. The SMILES string of the molecule is COc1ccc(C(C)(CN)CCO)c(OC)c1. The van der Waals surface area contributed by atoms with Crippen molar-refractivity contribution in [1.82, 2.24) is 0 Å². The summed E-state index contributed by atoms with van der Waals surface area (Å²) in [6, 6.07) is 5.66. The van der Waals surface area contributed by atoms with Gasteiger partial charge < -0.3 is 20.3 Å². The monoisotopic (exact) mass is 239 g/mol. The van der Waals surface area contributed by atoms with Crippen LogP contribution in [0.15, 0.2) is 18.2 Å². The molecule has 0 amide bonds. The van der Waals surface area contributed by atoms with Gasteiger partial charge in [-0.2, -0.15) is 0 Å². The lowest BCUT2D eigenvalue weighted by atomic mass is 9.79. The summed E-state index contributed by atoms with van der Waals surface area (Å²) in [4.78, 5) is 0. The van der Waals surface area contributed by atoms with Crippen molar-refractivity contribution in [1.29, 1.82) is 0 Å². The highest BCUT2D eigenvalue weighted by Gasteiger charge is 2.28. The Kier molecular flexibility index (Phi) is 4.78. The first-order valence-electron chi connectivity index (χ1n) is 5.64. The molecule has 1 rings (SSSR count). The van der Waals surface area contributed by atoms with E-state index in [2.05, 4.69) is 0 Å². The summed E-state index contributed by atoms with van der Waals surface area (Å²) in [6.45, 7) is 2.58. The molecule has 0 aliphatic carbocycles. The lowest BCUT2D eigenvalue weighted by Gasteiger charge is -2.29. The number of hydrogen-bond donors (Lipinski definition) is 2. The molecule has 0 saturated heterocycles. The number of aliphatic hydroxyl groups is 1. The van der Waals surface area contributed by atoms with E-state index in [0.29, 0.717) is 13.0 Å². The summed E-state index contributed by atoms with van der Waals surface area (Å²) < 4.78 is 10.5. The van der Waals surface area contributed by atoms with Crippen LogP contribution in [0.5, 0.6) is 11.5 Å². The van der Waals surface area contributed by atoms with Crippen LogP contribution < -0.4 is 15.2 Å². The van der Waals surface area contributed by atoms with E-state index < -0.39 is 0 Å². The van der Waals surface area contributed by atoms with Crippen LogP contribution in [0.3, 0.4) is 0 Å². The van der Waals surface area contributed by atoms with Gasteiger partial charge in [-0.1, -0.05) is 13.0 Å². The number of hydrogen-bond acceptors (Lipinski definition) is 4. The standard InChI is InChI=1S/C13H21NO3/c1-13(9-14,6-7-15)11-5-4-10(16-2)8-12(11)17-3/h4-5,8,15H,6-7,9,14H2,1-3H3. The molecular formula is C13H21NO3. The fourth-order valence-electron chi connectivity index (χ4n) is 1.89. The fourth-order valence-corrected chi connectivity index (χ4v) is 1.89. The number of ether oxygens (including phenoxy) is 2. The second kappa shape index (κ2) is 5.89. The van der Waals surface area contributed by atoms with Gasteiger partial charge in [0.2, 0.25) is 0 Å². The highest BCUT2D eigenvalue weighted by Crippen LogP contribution is 2.36. The van der Waals surface area contributed by atoms with Crippen molar-refractivity contribution < 1.29 is 14.6 Å². The van der Waals surface area contributed by atoms with Crippen molar-refractivity contribution in [3.63, 3.8) is 0 Å². The smallest absolute Gasteiger partial charge is 0.126 e. The third-order valence-electron chi connectivity index (χ3n) is 3.17. The number of benzene rings is 1. The maximum Gasteiger partial charge on any atom is 0.126 e. The Labute approximate surface area is 102 Å². The number of methoxy groups -OCH3 is 2. The van der Waals surface area contributed by atoms with Crippen LogP contribution in [0.1, 0.15) is 18.9 Å². The third-order valence-corrected chi connectivity index (χ3v) is 3.17. The molecule has 0 aliphatic heterocycles.